The van der Waals surface area contributed by atoms with Crippen LogP contribution in [0.1, 0.15) is 71.2 Å². The van der Waals surface area contributed by atoms with Crippen LogP contribution in [0, 0.1) is 0 Å². The predicted octanol–water partition coefficient (Wildman–Crippen LogP) is 4.88. The van der Waals surface area contributed by atoms with Crippen LogP contribution >= 0.6 is 11.6 Å². The van der Waals surface area contributed by atoms with Crippen LogP contribution in [0.4, 0.5) is 18.9 Å². The minimum Gasteiger partial charge on any atom is -0.339 e. The summed E-state index contributed by atoms with van der Waals surface area (Å²) in [4.78, 5) is 31.8. The third-order valence-corrected chi connectivity index (χ3v) is 7.77. The molecule has 13 heteroatoms. The van der Waals surface area contributed by atoms with E-state index in [1.165, 1.54) is 40.8 Å². The first kappa shape index (κ1) is 27.2. The lowest BCUT2D eigenvalue weighted by Gasteiger charge is -2.33. The van der Waals surface area contributed by atoms with Crippen LogP contribution in [0.2, 0.25) is 5.02 Å². The van der Waals surface area contributed by atoms with E-state index in [1.54, 1.807) is 18.0 Å². The van der Waals surface area contributed by atoms with E-state index in [0.717, 1.165) is 38.5 Å². The first-order chi connectivity index (χ1) is 18.4. The minimum atomic E-state index is -4.66. The molecule has 2 amide bonds. The summed E-state index contributed by atoms with van der Waals surface area (Å²) in [6.45, 7) is 0. The van der Waals surface area contributed by atoms with E-state index in [0.29, 0.717) is 11.3 Å². The Bertz CT molecular complexity index is 1400. The number of alkyl halides is 3. The second-order valence-electron chi connectivity index (χ2n) is 10.3. The fourth-order valence-electron chi connectivity index (χ4n) is 4.98. The molecule has 208 valence electrons. The highest BCUT2D eigenvalue weighted by molar-refractivity contribution is 6.34. The van der Waals surface area contributed by atoms with E-state index in [1.807, 2.05) is 0 Å². The van der Waals surface area contributed by atoms with Crippen molar-refractivity contribution in [1.82, 2.24) is 24.2 Å². The number of rotatable bonds is 6. The Labute approximate surface area is 228 Å². The fraction of sp³-hybridized carbons (Fsp3) is 0.462. The molecule has 0 spiro atoms. The van der Waals surface area contributed by atoms with Gasteiger partial charge in [0.15, 0.2) is 11.5 Å². The monoisotopic (exact) mass is 563 g/mol. The number of anilines is 1. The van der Waals surface area contributed by atoms with Gasteiger partial charge in [0.1, 0.15) is 0 Å². The van der Waals surface area contributed by atoms with Crippen molar-refractivity contribution >= 4 is 29.1 Å². The molecule has 0 bridgehead atoms. The molecule has 0 unspecified atom stereocenters. The van der Waals surface area contributed by atoms with Crippen LogP contribution in [0.25, 0.3) is 11.3 Å². The van der Waals surface area contributed by atoms with Gasteiger partial charge in [-0.15, -0.1) is 0 Å². The molecule has 2 heterocycles. The number of nitrogens with one attached hydrogen (secondary N) is 1. The molecule has 5 rings (SSSR count). The van der Waals surface area contributed by atoms with Crippen LogP contribution in [0.15, 0.2) is 30.6 Å². The number of nitrogens with two attached hydrogens (primary N) is 1. The summed E-state index contributed by atoms with van der Waals surface area (Å²) in [5, 5.41) is 6.58. The summed E-state index contributed by atoms with van der Waals surface area (Å²) in [5.41, 5.74) is 5.55. The smallest absolute Gasteiger partial charge is 0.339 e. The number of imidazole rings is 1. The molecule has 2 fully saturated rings. The SMILES string of the molecule is CN(C(=O)c1ccc(NC(=O)c2ncc(-c3cn(C4CC4)nc3C(F)(F)F)n2C)cc1Cl)C1CCC(N)CC1. The first-order valence-corrected chi connectivity index (χ1v) is 13.1. The number of aromatic nitrogens is 4. The maximum absolute atomic E-state index is 13.7. The highest BCUT2D eigenvalue weighted by Crippen LogP contribution is 2.41. The fourth-order valence-corrected chi connectivity index (χ4v) is 5.24. The molecule has 2 aliphatic rings. The largest absolute Gasteiger partial charge is 0.435 e. The lowest BCUT2D eigenvalue weighted by Crippen LogP contribution is -2.41. The molecule has 0 radical (unpaired) electrons. The Kier molecular flexibility index (Phi) is 7.19. The molecular weight excluding hydrogens is 535 g/mol. The number of benzene rings is 1. The summed E-state index contributed by atoms with van der Waals surface area (Å²) in [5.74, 6) is -0.958. The van der Waals surface area contributed by atoms with Crippen molar-refractivity contribution in [3.05, 3.63) is 52.7 Å². The molecule has 39 heavy (non-hydrogen) atoms. The zero-order chi connectivity index (χ0) is 28.1. The van der Waals surface area contributed by atoms with Gasteiger partial charge in [0.25, 0.3) is 11.8 Å². The van der Waals surface area contributed by atoms with Crippen molar-refractivity contribution in [3.8, 4) is 11.3 Å². The standard InChI is InChI=1S/C26H29ClF3N7O2/c1-35(16-6-3-14(31)4-7-16)25(39)18-10-5-15(11-20(18)27)33-24(38)23-32-12-21(36(23)2)19-13-37(17-8-9-17)34-22(19)26(28,29)30/h5,10-14,16-17H,3-4,6-9,31H2,1-2H3,(H,33,38). The molecule has 9 nitrogen and oxygen atoms in total. The summed E-state index contributed by atoms with van der Waals surface area (Å²) < 4.78 is 43.7. The number of hydrogen-bond donors (Lipinski definition) is 2. The molecule has 1 aromatic carbocycles. The van der Waals surface area contributed by atoms with E-state index in [2.05, 4.69) is 15.4 Å². The van der Waals surface area contributed by atoms with E-state index in [4.69, 9.17) is 17.3 Å². The van der Waals surface area contributed by atoms with Gasteiger partial charge < -0.3 is 20.5 Å². The number of carbonyl (C=O) groups is 2. The maximum Gasteiger partial charge on any atom is 0.435 e. The summed E-state index contributed by atoms with van der Waals surface area (Å²) in [6.07, 6.45) is 2.84. The molecule has 3 aromatic rings. The second kappa shape index (κ2) is 10.3. The average Bonchev–Trinajstić information content (AvgIpc) is 3.51. The molecule has 0 aliphatic heterocycles. The Morgan fingerprint density at radius 3 is 2.46 bits per heavy atom. The summed E-state index contributed by atoms with van der Waals surface area (Å²) in [7, 11) is 3.21. The normalized spacial score (nSPS) is 19.7. The van der Waals surface area contributed by atoms with Crippen LogP contribution in [0.5, 0.6) is 0 Å². The van der Waals surface area contributed by atoms with Crippen molar-refractivity contribution in [2.45, 2.75) is 62.8 Å². The zero-order valence-electron chi connectivity index (χ0n) is 21.5. The van der Waals surface area contributed by atoms with Crippen LogP contribution in [-0.2, 0) is 13.2 Å². The molecule has 2 aliphatic carbocycles. The van der Waals surface area contributed by atoms with Gasteiger partial charge in [0.05, 0.1) is 34.1 Å². The number of carbonyl (C=O) groups excluding carboxylic acids is 2. The summed E-state index contributed by atoms with van der Waals surface area (Å²) in [6, 6.07) is 4.75. The number of halogens is 4. The van der Waals surface area contributed by atoms with Crippen LogP contribution in [0.3, 0.4) is 0 Å². The molecule has 2 aromatic heterocycles. The molecule has 3 N–H and O–H groups in total. The Balaban J connectivity index is 1.32. The van der Waals surface area contributed by atoms with Crippen molar-refractivity contribution < 1.29 is 22.8 Å². The topological polar surface area (TPSA) is 111 Å². The average molecular weight is 564 g/mol. The van der Waals surface area contributed by atoms with Crippen LogP contribution < -0.4 is 11.1 Å². The quantitative estimate of drug-likeness (QED) is 0.444. The van der Waals surface area contributed by atoms with E-state index in [9.17, 15) is 22.8 Å². The lowest BCUT2D eigenvalue weighted by molar-refractivity contribution is -0.141. The van der Waals surface area contributed by atoms with Crippen LogP contribution in [-0.4, -0.2) is 55.2 Å². The highest BCUT2D eigenvalue weighted by Gasteiger charge is 2.40. The predicted molar refractivity (Wildman–Crippen MR) is 139 cm³/mol. The van der Waals surface area contributed by atoms with Crippen molar-refractivity contribution in [3.63, 3.8) is 0 Å². The van der Waals surface area contributed by atoms with Crippen molar-refractivity contribution in [1.29, 1.82) is 0 Å². The van der Waals surface area contributed by atoms with Gasteiger partial charge in [-0.1, -0.05) is 11.6 Å². The minimum absolute atomic E-state index is 0.0452. The number of nitrogens with zero attached hydrogens (tertiary/aromatic N) is 5. The van der Waals surface area contributed by atoms with Gasteiger partial charge in [0.2, 0.25) is 0 Å². The maximum atomic E-state index is 13.7. The van der Waals surface area contributed by atoms with Crippen molar-refractivity contribution in [2.75, 3.05) is 12.4 Å². The van der Waals surface area contributed by atoms with Gasteiger partial charge in [0, 0.05) is 38.1 Å². The second-order valence-corrected chi connectivity index (χ2v) is 10.7. The van der Waals surface area contributed by atoms with E-state index >= 15 is 0 Å². The van der Waals surface area contributed by atoms with Gasteiger partial charge in [-0.3, -0.25) is 14.3 Å². The first-order valence-electron chi connectivity index (χ1n) is 12.8. The van der Waals surface area contributed by atoms with Gasteiger partial charge >= 0.3 is 6.18 Å². The molecular formula is C26H29ClF3N7O2. The number of hydrogen-bond acceptors (Lipinski definition) is 5. The highest BCUT2D eigenvalue weighted by atomic mass is 35.5. The lowest BCUT2D eigenvalue weighted by atomic mass is 9.90. The Hall–Kier alpha value is -3.38. The number of amides is 2. The zero-order valence-corrected chi connectivity index (χ0v) is 22.3. The molecule has 0 atom stereocenters. The molecule has 0 saturated heterocycles. The Morgan fingerprint density at radius 1 is 1.15 bits per heavy atom. The van der Waals surface area contributed by atoms with E-state index in [-0.39, 0.29) is 46.1 Å². The van der Waals surface area contributed by atoms with Gasteiger partial charge in [-0.2, -0.15) is 18.3 Å². The van der Waals surface area contributed by atoms with E-state index < -0.39 is 17.8 Å². The van der Waals surface area contributed by atoms with Crippen molar-refractivity contribution in [2.24, 2.45) is 12.8 Å². The third kappa shape index (κ3) is 5.53. The van der Waals surface area contributed by atoms with Gasteiger partial charge in [-0.05, 0) is 56.7 Å². The summed E-state index contributed by atoms with van der Waals surface area (Å²) >= 11 is 6.41. The third-order valence-electron chi connectivity index (χ3n) is 7.46. The Morgan fingerprint density at radius 2 is 1.85 bits per heavy atom. The van der Waals surface area contributed by atoms with Gasteiger partial charge in [-0.25, -0.2) is 4.98 Å². The molecule has 2 saturated carbocycles.